The van der Waals surface area contributed by atoms with Gasteiger partial charge in [0, 0.05) is 24.4 Å². The van der Waals surface area contributed by atoms with Gasteiger partial charge in [-0.25, -0.2) is 0 Å². The van der Waals surface area contributed by atoms with E-state index in [1.165, 1.54) is 12.1 Å². The van der Waals surface area contributed by atoms with Crippen LogP contribution >= 0.6 is 0 Å². The number of ether oxygens (including phenoxy) is 1. The van der Waals surface area contributed by atoms with E-state index < -0.39 is 4.92 Å². The van der Waals surface area contributed by atoms with Crippen molar-refractivity contribution in [2.24, 2.45) is 0 Å². The number of benzene rings is 2. The SMILES string of the molecule is COc1ccc([C@H]2N(c3ccc([N+](=O)[O-])cc3)C(=O)[C@@H]3CCCN32)cc1. The average molecular weight is 353 g/mol. The summed E-state index contributed by atoms with van der Waals surface area (Å²) in [5.74, 6) is 0.815. The fourth-order valence-corrected chi connectivity index (χ4v) is 3.90. The van der Waals surface area contributed by atoms with Crippen molar-refractivity contribution in [3.05, 3.63) is 64.2 Å². The molecule has 2 atom stereocenters. The first-order valence-electron chi connectivity index (χ1n) is 8.57. The second kappa shape index (κ2) is 6.42. The summed E-state index contributed by atoms with van der Waals surface area (Å²) >= 11 is 0. The maximum absolute atomic E-state index is 13.0. The van der Waals surface area contributed by atoms with Gasteiger partial charge in [-0.15, -0.1) is 0 Å². The number of anilines is 1. The molecule has 2 aromatic carbocycles. The molecule has 7 nitrogen and oxygen atoms in total. The molecule has 26 heavy (non-hydrogen) atoms. The molecule has 4 rings (SSSR count). The van der Waals surface area contributed by atoms with E-state index in [9.17, 15) is 14.9 Å². The van der Waals surface area contributed by atoms with E-state index in [-0.39, 0.29) is 23.8 Å². The highest BCUT2D eigenvalue weighted by atomic mass is 16.6. The molecule has 0 unspecified atom stereocenters. The van der Waals surface area contributed by atoms with Crippen LogP contribution in [0.3, 0.4) is 0 Å². The van der Waals surface area contributed by atoms with Gasteiger partial charge in [-0.2, -0.15) is 0 Å². The Morgan fingerprint density at radius 3 is 2.42 bits per heavy atom. The van der Waals surface area contributed by atoms with Gasteiger partial charge in [-0.05, 0) is 42.7 Å². The number of methoxy groups -OCH3 is 1. The standard InChI is InChI=1S/C19H19N3O4/c1-26-16-10-4-13(5-11-16)18-20-12-2-3-17(20)19(23)21(18)14-6-8-15(9-7-14)22(24)25/h4-11,17-18H,2-3,12H2,1H3/t17-,18+/m0/s1. The number of hydrogen-bond acceptors (Lipinski definition) is 5. The van der Waals surface area contributed by atoms with Crippen molar-refractivity contribution < 1.29 is 14.5 Å². The molecule has 7 heteroatoms. The van der Waals surface area contributed by atoms with Crippen molar-refractivity contribution in [3.63, 3.8) is 0 Å². The summed E-state index contributed by atoms with van der Waals surface area (Å²) in [7, 11) is 1.62. The predicted octanol–water partition coefficient (Wildman–Crippen LogP) is 3.11. The number of carbonyl (C=O) groups is 1. The first-order valence-corrected chi connectivity index (χ1v) is 8.57. The highest BCUT2D eigenvalue weighted by Crippen LogP contribution is 2.42. The normalized spacial score (nSPS) is 22.5. The fraction of sp³-hybridized carbons (Fsp3) is 0.316. The molecule has 2 aliphatic rings. The van der Waals surface area contributed by atoms with Gasteiger partial charge in [-0.3, -0.25) is 24.7 Å². The molecule has 134 valence electrons. The van der Waals surface area contributed by atoms with E-state index in [2.05, 4.69) is 4.90 Å². The summed E-state index contributed by atoms with van der Waals surface area (Å²) in [6, 6.07) is 13.8. The Labute approximate surface area is 150 Å². The zero-order valence-electron chi connectivity index (χ0n) is 14.4. The van der Waals surface area contributed by atoms with E-state index >= 15 is 0 Å². The van der Waals surface area contributed by atoms with Crippen molar-refractivity contribution >= 4 is 17.3 Å². The van der Waals surface area contributed by atoms with Crippen LogP contribution in [0.1, 0.15) is 24.6 Å². The molecule has 0 spiro atoms. The molecule has 0 saturated carbocycles. The molecule has 1 amide bonds. The van der Waals surface area contributed by atoms with Crippen molar-refractivity contribution in [1.82, 2.24) is 4.90 Å². The zero-order chi connectivity index (χ0) is 18.3. The molecule has 2 saturated heterocycles. The van der Waals surface area contributed by atoms with Gasteiger partial charge in [-0.1, -0.05) is 12.1 Å². The number of nitrogens with zero attached hydrogens (tertiary/aromatic N) is 3. The maximum atomic E-state index is 13.0. The van der Waals surface area contributed by atoms with Gasteiger partial charge in [0.2, 0.25) is 5.91 Å². The van der Waals surface area contributed by atoms with Gasteiger partial charge in [0.1, 0.15) is 11.9 Å². The van der Waals surface area contributed by atoms with Crippen LogP contribution in [0.15, 0.2) is 48.5 Å². The van der Waals surface area contributed by atoms with Crippen LogP contribution in [0.25, 0.3) is 0 Å². The minimum atomic E-state index is -0.436. The quantitative estimate of drug-likeness (QED) is 0.623. The molecule has 2 aromatic rings. The van der Waals surface area contributed by atoms with Crippen LogP contribution in [-0.2, 0) is 4.79 Å². The van der Waals surface area contributed by atoms with Gasteiger partial charge >= 0.3 is 0 Å². The number of non-ortho nitro benzene ring substituents is 1. The summed E-state index contributed by atoms with van der Waals surface area (Å²) in [5.41, 5.74) is 1.69. The fourth-order valence-electron chi connectivity index (χ4n) is 3.90. The van der Waals surface area contributed by atoms with Crippen molar-refractivity contribution in [2.75, 3.05) is 18.6 Å². The minimum absolute atomic E-state index is 0.0156. The third-order valence-corrected chi connectivity index (χ3v) is 5.13. The Balaban J connectivity index is 1.74. The Bertz CT molecular complexity index is 835. The lowest BCUT2D eigenvalue weighted by molar-refractivity contribution is -0.384. The van der Waals surface area contributed by atoms with E-state index in [0.29, 0.717) is 5.69 Å². The average Bonchev–Trinajstić information content (AvgIpc) is 3.24. The Hall–Kier alpha value is -2.93. The van der Waals surface area contributed by atoms with E-state index in [4.69, 9.17) is 4.74 Å². The number of nitro benzene ring substituents is 1. The van der Waals surface area contributed by atoms with Crippen LogP contribution in [0.5, 0.6) is 5.75 Å². The van der Waals surface area contributed by atoms with Crippen LogP contribution in [0.2, 0.25) is 0 Å². The van der Waals surface area contributed by atoms with Gasteiger partial charge < -0.3 is 4.74 Å². The number of carbonyl (C=O) groups excluding carboxylic acids is 1. The lowest BCUT2D eigenvalue weighted by Crippen LogP contribution is -2.32. The second-order valence-electron chi connectivity index (χ2n) is 6.52. The van der Waals surface area contributed by atoms with Crippen LogP contribution in [0.4, 0.5) is 11.4 Å². The predicted molar refractivity (Wildman–Crippen MR) is 96.0 cm³/mol. The first-order chi connectivity index (χ1) is 12.6. The van der Waals surface area contributed by atoms with Crippen LogP contribution in [0, 0.1) is 10.1 Å². The number of rotatable bonds is 4. The molecule has 0 bridgehead atoms. The topological polar surface area (TPSA) is 75.9 Å². The molecular formula is C19H19N3O4. The largest absolute Gasteiger partial charge is 0.497 e. The third kappa shape index (κ3) is 2.61. The summed E-state index contributed by atoms with van der Waals surface area (Å²) in [6.07, 6.45) is 1.63. The highest BCUT2D eigenvalue weighted by molar-refractivity contribution is 6.00. The molecule has 0 aromatic heterocycles. The van der Waals surface area contributed by atoms with E-state index in [1.807, 2.05) is 24.3 Å². The minimum Gasteiger partial charge on any atom is -0.497 e. The van der Waals surface area contributed by atoms with E-state index in [1.54, 1.807) is 24.1 Å². The first kappa shape index (κ1) is 16.5. The maximum Gasteiger partial charge on any atom is 0.269 e. The molecule has 0 radical (unpaired) electrons. The van der Waals surface area contributed by atoms with Gasteiger partial charge in [0.15, 0.2) is 0 Å². The smallest absolute Gasteiger partial charge is 0.269 e. The van der Waals surface area contributed by atoms with Crippen molar-refractivity contribution in [2.45, 2.75) is 25.0 Å². The van der Waals surface area contributed by atoms with Crippen molar-refractivity contribution in [3.8, 4) is 5.75 Å². The summed E-state index contributed by atoms with van der Waals surface area (Å²) in [6.45, 7) is 0.858. The van der Waals surface area contributed by atoms with Gasteiger partial charge in [0.25, 0.3) is 5.69 Å². The zero-order valence-corrected chi connectivity index (χ0v) is 14.4. The summed E-state index contributed by atoms with van der Waals surface area (Å²) in [5, 5.41) is 10.9. The van der Waals surface area contributed by atoms with Gasteiger partial charge in [0.05, 0.1) is 18.1 Å². The Morgan fingerprint density at radius 1 is 1.12 bits per heavy atom. The monoisotopic (exact) mass is 353 g/mol. The molecule has 2 aliphatic heterocycles. The third-order valence-electron chi connectivity index (χ3n) is 5.13. The van der Waals surface area contributed by atoms with Crippen LogP contribution < -0.4 is 9.64 Å². The lowest BCUT2D eigenvalue weighted by Gasteiger charge is -2.29. The molecule has 0 N–H and O–H groups in total. The summed E-state index contributed by atoms with van der Waals surface area (Å²) < 4.78 is 5.23. The van der Waals surface area contributed by atoms with Crippen molar-refractivity contribution in [1.29, 1.82) is 0 Å². The highest BCUT2D eigenvalue weighted by Gasteiger charge is 2.49. The molecular weight excluding hydrogens is 334 g/mol. The molecule has 0 aliphatic carbocycles. The number of amides is 1. The van der Waals surface area contributed by atoms with Crippen LogP contribution in [-0.4, -0.2) is 35.4 Å². The number of fused-ring (bicyclic) bond motifs is 1. The molecule has 2 fully saturated rings. The number of hydrogen-bond donors (Lipinski definition) is 0. The summed E-state index contributed by atoms with van der Waals surface area (Å²) in [4.78, 5) is 27.5. The lowest BCUT2D eigenvalue weighted by atomic mass is 10.1. The van der Waals surface area contributed by atoms with E-state index in [0.717, 1.165) is 30.7 Å². The Kier molecular flexibility index (Phi) is 4.08. The molecule has 2 heterocycles. The Morgan fingerprint density at radius 2 is 1.81 bits per heavy atom. The number of nitro groups is 1. The second-order valence-corrected chi connectivity index (χ2v) is 6.52.